The van der Waals surface area contributed by atoms with Gasteiger partial charge in [-0.3, -0.25) is 4.79 Å². The van der Waals surface area contributed by atoms with E-state index in [1.165, 1.54) is 12.0 Å². The predicted molar refractivity (Wildman–Crippen MR) is 110 cm³/mol. The third-order valence-electron chi connectivity index (χ3n) is 5.99. The number of carbonyl (C=O) groups is 1. The van der Waals surface area contributed by atoms with E-state index in [9.17, 15) is 4.79 Å². The van der Waals surface area contributed by atoms with Crippen LogP contribution in [-0.4, -0.2) is 56.7 Å². The summed E-state index contributed by atoms with van der Waals surface area (Å²) in [6.45, 7) is 2.35. The lowest BCUT2D eigenvalue weighted by Crippen LogP contribution is -2.60. The monoisotopic (exact) mass is 388 g/mol. The molecule has 2 aliphatic rings. The summed E-state index contributed by atoms with van der Waals surface area (Å²) >= 11 is 0. The SMILES string of the molecule is CN(C(=O)c1ccc(Cn2ccnc2)cc1)C1CN(c2cc3c(nn2)CCC3)C1. The van der Waals surface area contributed by atoms with Gasteiger partial charge in [0.25, 0.3) is 5.91 Å². The van der Waals surface area contributed by atoms with Crippen molar-refractivity contribution in [3.05, 3.63) is 71.4 Å². The van der Waals surface area contributed by atoms with E-state index in [1.807, 2.05) is 47.0 Å². The van der Waals surface area contributed by atoms with Crippen LogP contribution in [0.5, 0.6) is 0 Å². The van der Waals surface area contributed by atoms with Crippen molar-refractivity contribution in [3.63, 3.8) is 0 Å². The number of carbonyl (C=O) groups excluding carboxylic acids is 1. The van der Waals surface area contributed by atoms with Gasteiger partial charge in [0, 0.05) is 44.6 Å². The molecule has 3 heterocycles. The molecule has 0 saturated carbocycles. The first-order chi connectivity index (χ1) is 14.2. The highest BCUT2D eigenvalue weighted by atomic mass is 16.2. The Bertz CT molecular complexity index is 1010. The molecule has 2 aromatic heterocycles. The summed E-state index contributed by atoms with van der Waals surface area (Å²) in [5, 5.41) is 8.75. The largest absolute Gasteiger partial charge is 0.351 e. The number of aryl methyl sites for hydroxylation is 2. The molecule has 0 bridgehead atoms. The van der Waals surface area contributed by atoms with Gasteiger partial charge in [-0.2, -0.15) is 5.10 Å². The van der Waals surface area contributed by atoms with E-state index >= 15 is 0 Å². The summed E-state index contributed by atoms with van der Waals surface area (Å²) in [4.78, 5) is 21.0. The Hall–Kier alpha value is -3.22. The van der Waals surface area contributed by atoms with E-state index in [0.29, 0.717) is 0 Å². The first-order valence-electron chi connectivity index (χ1n) is 10.1. The van der Waals surface area contributed by atoms with Gasteiger partial charge in [-0.05, 0) is 48.6 Å². The van der Waals surface area contributed by atoms with Gasteiger partial charge in [-0.25, -0.2) is 4.98 Å². The summed E-state index contributed by atoms with van der Waals surface area (Å²) in [6, 6.07) is 10.2. The van der Waals surface area contributed by atoms with E-state index < -0.39 is 0 Å². The molecule has 7 nitrogen and oxygen atoms in total. The molecule has 1 amide bonds. The van der Waals surface area contributed by atoms with Crippen molar-refractivity contribution in [1.29, 1.82) is 0 Å². The van der Waals surface area contributed by atoms with Gasteiger partial charge in [0.1, 0.15) is 0 Å². The fourth-order valence-electron chi connectivity index (χ4n) is 4.07. The van der Waals surface area contributed by atoms with Gasteiger partial charge < -0.3 is 14.4 Å². The minimum Gasteiger partial charge on any atom is -0.351 e. The van der Waals surface area contributed by atoms with Gasteiger partial charge in [0.05, 0.1) is 18.1 Å². The molecule has 1 aliphatic heterocycles. The number of hydrogen-bond acceptors (Lipinski definition) is 5. The number of amides is 1. The number of nitrogens with zero attached hydrogens (tertiary/aromatic N) is 6. The minimum absolute atomic E-state index is 0.0591. The Balaban J connectivity index is 1.19. The number of likely N-dealkylation sites (N-methyl/N-ethyl adjacent to an activating group) is 1. The van der Waals surface area contributed by atoms with Crippen molar-refractivity contribution in [2.75, 3.05) is 25.0 Å². The van der Waals surface area contributed by atoms with Gasteiger partial charge >= 0.3 is 0 Å². The fraction of sp³-hybridized carbons (Fsp3) is 0.364. The van der Waals surface area contributed by atoms with Crippen LogP contribution in [0, 0.1) is 0 Å². The van der Waals surface area contributed by atoms with Crippen LogP contribution in [0.4, 0.5) is 5.82 Å². The summed E-state index contributed by atoms with van der Waals surface area (Å²) in [5.74, 6) is 0.996. The number of benzene rings is 1. The lowest BCUT2D eigenvalue weighted by Gasteiger charge is -2.44. The minimum atomic E-state index is 0.0591. The predicted octanol–water partition coefficient (Wildman–Crippen LogP) is 2.17. The number of hydrogen-bond donors (Lipinski definition) is 0. The molecule has 0 spiro atoms. The zero-order valence-corrected chi connectivity index (χ0v) is 16.5. The van der Waals surface area contributed by atoms with Crippen LogP contribution in [0.25, 0.3) is 0 Å². The molecule has 1 aromatic carbocycles. The molecule has 1 aliphatic carbocycles. The maximum Gasteiger partial charge on any atom is 0.253 e. The maximum absolute atomic E-state index is 12.9. The van der Waals surface area contributed by atoms with Crippen molar-refractivity contribution in [2.24, 2.45) is 0 Å². The fourth-order valence-corrected chi connectivity index (χ4v) is 4.07. The Morgan fingerprint density at radius 1 is 1.17 bits per heavy atom. The van der Waals surface area contributed by atoms with Crippen LogP contribution in [0.1, 0.15) is 33.6 Å². The van der Waals surface area contributed by atoms with Crippen molar-refractivity contribution >= 4 is 11.7 Å². The zero-order valence-electron chi connectivity index (χ0n) is 16.5. The average Bonchev–Trinajstić information content (AvgIpc) is 3.38. The van der Waals surface area contributed by atoms with E-state index in [-0.39, 0.29) is 11.9 Å². The Labute approximate surface area is 170 Å². The second-order valence-corrected chi connectivity index (χ2v) is 7.93. The molecule has 29 heavy (non-hydrogen) atoms. The molecule has 0 N–H and O–H groups in total. The Morgan fingerprint density at radius 2 is 2.00 bits per heavy atom. The van der Waals surface area contributed by atoms with E-state index in [4.69, 9.17) is 0 Å². The van der Waals surface area contributed by atoms with Crippen molar-refractivity contribution in [3.8, 4) is 0 Å². The molecule has 0 unspecified atom stereocenters. The summed E-state index contributed by atoms with van der Waals surface area (Å²) < 4.78 is 2.01. The third-order valence-corrected chi connectivity index (χ3v) is 5.99. The van der Waals surface area contributed by atoms with Crippen LogP contribution in [0.15, 0.2) is 49.1 Å². The van der Waals surface area contributed by atoms with Crippen LogP contribution in [-0.2, 0) is 19.4 Å². The van der Waals surface area contributed by atoms with Crippen molar-refractivity contribution in [1.82, 2.24) is 24.6 Å². The number of imidazole rings is 1. The molecule has 0 radical (unpaired) electrons. The second-order valence-electron chi connectivity index (χ2n) is 7.93. The molecule has 1 fully saturated rings. The second kappa shape index (κ2) is 7.31. The highest BCUT2D eigenvalue weighted by molar-refractivity contribution is 5.94. The summed E-state index contributed by atoms with van der Waals surface area (Å²) in [5.41, 5.74) is 4.35. The molecule has 148 valence electrons. The normalized spacial score (nSPS) is 15.8. The smallest absolute Gasteiger partial charge is 0.253 e. The molecule has 5 rings (SSSR count). The van der Waals surface area contributed by atoms with Crippen LogP contribution in [0.3, 0.4) is 0 Å². The van der Waals surface area contributed by atoms with E-state index in [1.54, 1.807) is 12.5 Å². The van der Waals surface area contributed by atoms with Gasteiger partial charge in [-0.15, -0.1) is 5.10 Å². The number of aromatic nitrogens is 4. The average molecular weight is 388 g/mol. The topological polar surface area (TPSA) is 67.2 Å². The van der Waals surface area contributed by atoms with Crippen LogP contribution < -0.4 is 4.90 Å². The molecule has 7 heteroatoms. The maximum atomic E-state index is 12.9. The van der Waals surface area contributed by atoms with Gasteiger partial charge in [-0.1, -0.05) is 12.1 Å². The Morgan fingerprint density at radius 3 is 2.76 bits per heavy atom. The number of rotatable bonds is 5. The third kappa shape index (κ3) is 3.48. The molecular weight excluding hydrogens is 364 g/mol. The molecule has 3 aromatic rings. The van der Waals surface area contributed by atoms with Gasteiger partial charge in [0.15, 0.2) is 5.82 Å². The molecular formula is C22H24N6O. The summed E-state index contributed by atoms with van der Waals surface area (Å²) in [6.07, 6.45) is 8.81. The van der Waals surface area contributed by atoms with Crippen molar-refractivity contribution in [2.45, 2.75) is 31.8 Å². The van der Waals surface area contributed by atoms with Gasteiger partial charge in [0.2, 0.25) is 0 Å². The Kier molecular flexibility index (Phi) is 4.50. The summed E-state index contributed by atoms with van der Waals surface area (Å²) in [7, 11) is 1.89. The molecule has 0 atom stereocenters. The van der Waals surface area contributed by atoms with E-state index in [2.05, 4.69) is 26.1 Å². The quantitative estimate of drug-likeness (QED) is 0.670. The first kappa shape index (κ1) is 17.8. The standard InChI is InChI=1S/C22H24N6O/c1-26(19-13-28(14-19)21-11-18-3-2-4-20(18)24-25-21)22(29)17-7-5-16(6-8-17)12-27-10-9-23-15-27/h5-11,15,19H,2-4,12-14H2,1H3. The zero-order chi connectivity index (χ0) is 19.8. The lowest BCUT2D eigenvalue weighted by atomic mass is 10.0. The van der Waals surface area contributed by atoms with Crippen molar-refractivity contribution < 1.29 is 4.79 Å². The lowest BCUT2D eigenvalue weighted by molar-refractivity contribution is 0.0705. The van der Waals surface area contributed by atoms with Crippen LogP contribution >= 0.6 is 0 Å². The highest BCUT2D eigenvalue weighted by Crippen LogP contribution is 2.26. The number of anilines is 1. The van der Waals surface area contributed by atoms with E-state index in [0.717, 1.165) is 55.1 Å². The first-order valence-corrected chi connectivity index (χ1v) is 10.1. The molecule has 1 saturated heterocycles. The van der Waals surface area contributed by atoms with Crippen LogP contribution in [0.2, 0.25) is 0 Å². The number of fused-ring (bicyclic) bond motifs is 1. The highest BCUT2D eigenvalue weighted by Gasteiger charge is 2.34.